The number of amides is 1. The van der Waals surface area contributed by atoms with E-state index in [4.69, 9.17) is 15.1 Å². The van der Waals surface area contributed by atoms with Gasteiger partial charge in [0.2, 0.25) is 0 Å². The first-order chi connectivity index (χ1) is 11.1. The van der Waals surface area contributed by atoms with E-state index in [9.17, 15) is 9.59 Å². The van der Waals surface area contributed by atoms with Gasteiger partial charge in [-0.15, -0.1) is 11.3 Å². The normalized spacial score (nSPS) is 10.7. The maximum atomic E-state index is 12.0. The van der Waals surface area contributed by atoms with Crippen molar-refractivity contribution in [3.63, 3.8) is 0 Å². The first-order valence-corrected chi connectivity index (χ1v) is 7.24. The molecular weight excluding hydrogens is 318 g/mol. The summed E-state index contributed by atoms with van der Waals surface area (Å²) < 4.78 is 5.00. The number of anilines is 1. The fourth-order valence-electron chi connectivity index (χ4n) is 1.57. The summed E-state index contributed by atoms with van der Waals surface area (Å²) in [6.07, 6.45) is 2.97. The highest BCUT2D eigenvalue weighted by molar-refractivity contribution is 7.13. The lowest BCUT2D eigenvalue weighted by atomic mass is 10.1. The van der Waals surface area contributed by atoms with Crippen molar-refractivity contribution in [1.82, 2.24) is 4.98 Å². The Bertz CT molecular complexity index is 761. The first-order valence-electron chi connectivity index (χ1n) is 6.36. The molecule has 0 fully saturated rings. The Labute approximate surface area is 135 Å². The average Bonchev–Trinajstić information content (AvgIpc) is 3.04. The Morgan fingerprint density at radius 1 is 1.39 bits per heavy atom. The molecule has 0 aliphatic carbocycles. The predicted octanol–water partition coefficient (Wildman–Crippen LogP) is 2.15. The number of carbonyl (C=O) groups excluding carboxylic acids is 1. The zero-order valence-electron chi connectivity index (χ0n) is 11.7. The molecule has 1 aromatic carbocycles. The van der Waals surface area contributed by atoms with Crippen molar-refractivity contribution < 1.29 is 19.4 Å². The summed E-state index contributed by atoms with van der Waals surface area (Å²) in [5.41, 5.74) is 0.540. The van der Waals surface area contributed by atoms with Crippen LogP contribution in [-0.4, -0.2) is 28.6 Å². The largest absolute Gasteiger partial charge is 0.482 e. The van der Waals surface area contributed by atoms with E-state index in [1.807, 2.05) is 6.07 Å². The third kappa shape index (κ3) is 4.94. The molecule has 2 aromatic rings. The maximum Gasteiger partial charge on any atom is 0.341 e. The van der Waals surface area contributed by atoms with Crippen molar-refractivity contribution in [3.8, 4) is 11.8 Å². The van der Waals surface area contributed by atoms with Crippen LogP contribution in [0.3, 0.4) is 0 Å². The van der Waals surface area contributed by atoms with Crippen LogP contribution in [0.25, 0.3) is 6.08 Å². The highest BCUT2D eigenvalue weighted by Gasteiger charge is 2.10. The van der Waals surface area contributed by atoms with Gasteiger partial charge in [0, 0.05) is 11.6 Å². The molecule has 0 spiro atoms. The molecule has 0 radical (unpaired) electrons. The number of thiazole rings is 1. The van der Waals surface area contributed by atoms with Crippen LogP contribution in [0.4, 0.5) is 5.13 Å². The summed E-state index contributed by atoms with van der Waals surface area (Å²) >= 11 is 1.25. The van der Waals surface area contributed by atoms with Crippen molar-refractivity contribution in [2.45, 2.75) is 0 Å². The quantitative estimate of drug-likeness (QED) is 0.620. The van der Waals surface area contributed by atoms with Gasteiger partial charge < -0.3 is 9.84 Å². The Kier molecular flexibility index (Phi) is 5.44. The molecule has 0 aliphatic heterocycles. The lowest BCUT2D eigenvalue weighted by molar-refractivity contribution is -0.139. The second-order valence-electron chi connectivity index (χ2n) is 4.21. The van der Waals surface area contributed by atoms with Gasteiger partial charge in [0.15, 0.2) is 11.7 Å². The molecule has 7 nitrogen and oxygen atoms in total. The van der Waals surface area contributed by atoms with Crippen LogP contribution in [0.5, 0.6) is 5.75 Å². The van der Waals surface area contributed by atoms with E-state index in [2.05, 4.69) is 10.3 Å². The van der Waals surface area contributed by atoms with Gasteiger partial charge in [0.25, 0.3) is 5.91 Å². The molecule has 0 saturated heterocycles. The van der Waals surface area contributed by atoms with Gasteiger partial charge in [-0.05, 0) is 23.8 Å². The third-order valence-corrected chi connectivity index (χ3v) is 3.26. The number of aliphatic carboxylic acids is 1. The minimum atomic E-state index is -1.07. The zero-order valence-corrected chi connectivity index (χ0v) is 12.5. The van der Waals surface area contributed by atoms with Crippen molar-refractivity contribution in [3.05, 3.63) is 47.0 Å². The Morgan fingerprint density at radius 3 is 2.70 bits per heavy atom. The van der Waals surface area contributed by atoms with Crippen LogP contribution < -0.4 is 10.1 Å². The minimum Gasteiger partial charge on any atom is -0.482 e. The van der Waals surface area contributed by atoms with E-state index in [1.165, 1.54) is 17.4 Å². The number of carbonyl (C=O) groups is 2. The molecule has 1 amide bonds. The Balaban J connectivity index is 2.07. The summed E-state index contributed by atoms with van der Waals surface area (Å²) in [5, 5.41) is 22.3. The highest BCUT2D eigenvalue weighted by Crippen LogP contribution is 2.16. The SMILES string of the molecule is N#C/C(=C\c1ccc(OCC(=O)O)cc1)C(=O)Nc1nccs1. The van der Waals surface area contributed by atoms with Gasteiger partial charge in [-0.1, -0.05) is 12.1 Å². The first kappa shape index (κ1) is 16.2. The summed E-state index contributed by atoms with van der Waals surface area (Å²) in [7, 11) is 0. The molecule has 0 aliphatic rings. The number of hydrogen-bond acceptors (Lipinski definition) is 6. The molecule has 116 valence electrons. The fourth-order valence-corrected chi connectivity index (χ4v) is 2.09. The maximum absolute atomic E-state index is 12.0. The predicted molar refractivity (Wildman–Crippen MR) is 83.9 cm³/mol. The van der Waals surface area contributed by atoms with Gasteiger partial charge in [-0.2, -0.15) is 5.26 Å². The molecule has 1 aromatic heterocycles. The second-order valence-corrected chi connectivity index (χ2v) is 5.11. The molecule has 0 bridgehead atoms. The van der Waals surface area contributed by atoms with Crippen LogP contribution in [0.2, 0.25) is 0 Å². The van der Waals surface area contributed by atoms with Crippen molar-refractivity contribution >= 4 is 34.4 Å². The van der Waals surface area contributed by atoms with Gasteiger partial charge in [-0.3, -0.25) is 10.1 Å². The number of nitriles is 1. The molecule has 23 heavy (non-hydrogen) atoms. The molecule has 0 saturated carbocycles. The number of nitrogens with zero attached hydrogens (tertiary/aromatic N) is 2. The van der Waals surface area contributed by atoms with Crippen LogP contribution in [0.1, 0.15) is 5.56 Å². The minimum absolute atomic E-state index is 0.0700. The summed E-state index contributed by atoms with van der Waals surface area (Å²) in [6.45, 7) is -0.436. The Hall–Kier alpha value is -3.18. The molecule has 8 heteroatoms. The standard InChI is InChI=1S/C15H11N3O4S/c16-8-11(14(21)18-15-17-5-6-23-15)7-10-1-3-12(4-2-10)22-9-13(19)20/h1-7H,9H2,(H,19,20)(H,17,18,21)/b11-7+. The summed E-state index contributed by atoms with van der Waals surface area (Å²) in [4.78, 5) is 26.3. The van der Waals surface area contributed by atoms with E-state index < -0.39 is 18.5 Å². The molecule has 0 atom stereocenters. The van der Waals surface area contributed by atoms with E-state index in [0.29, 0.717) is 16.4 Å². The van der Waals surface area contributed by atoms with Gasteiger partial charge in [-0.25, -0.2) is 9.78 Å². The van der Waals surface area contributed by atoms with Crippen LogP contribution in [0, 0.1) is 11.3 Å². The number of ether oxygens (including phenoxy) is 1. The van der Waals surface area contributed by atoms with Crippen molar-refractivity contribution in [2.75, 3.05) is 11.9 Å². The van der Waals surface area contributed by atoms with Crippen molar-refractivity contribution in [1.29, 1.82) is 5.26 Å². The Morgan fingerprint density at radius 2 is 2.13 bits per heavy atom. The number of hydrogen-bond donors (Lipinski definition) is 2. The fraction of sp³-hybridized carbons (Fsp3) is 0.0667. The smallest absolute Gasteiger partial charge is 0.341 e. The monoisotopic (exact) mass is 329 g/mol. The van der Waals surface area contributed by atoms with E-state index in [-0.39, 0.29) is 5.57 Å². The zero-order chi connectivity index (χ0) is 16.7. The third-order valence-electron chi connectivity index (χ3n) is 2.57. The highest BCUT2D eigenvalue weighted by atomic mass is 32.1. The molecule has 0 unspecified atom stereocenters. The van der Waals surface area contributed by atoms with Gasteiger partial charge >= 0.3 is 5.97 Å². The summed E-state index contributed by atoms with van der Waals surface area (Å²) in [5.74, 6) is -1.23. The molecule has 2 rings (SSSR count). The van der Waals surface area contributed by atoms with E-state index >= 15 is 0 Å². The van der Waals surface area contributed by atoms with Crippen LogP contribution >= 0.6 is 11.3 Å². The number of nitrogens with one attached hydrogen (secondary N) is 1. The lowest BCUT2D eigenvalue weighted by Crippen LogP contribution is -2.13. The van der Waals surface area contributed by atoms with Crippen LogP contribution in [-0.2, 0) is 9.59 Å². The summed E-state index contributed by atoms with van der Waals surface area (Å²) in [6, 6.07) is 8.18. The molecular formula is C15H11N3O4S. The van der Waals surface area contributed by atoms with Gasteiger partial charge in [0.1, 0.15) is 17.4 Å². The molecule has 2 N–H and O–H groups in total. The van der Waals surface area contributed by atoms with Gasteiger partial charge in [0.05, 0.1) is 0 Å². The van der Waals surface area contributed by atoms with Crippen LogP contribution in [0.15, 0.2) is 41.4 Å². The van der Waals surface area contributed by atoms with E-state index in [1.54, 1.807) is 35.8 Å². The molecule has 1 heterocycles. The number of rotatable bonds is 6. The topological polar surface area (TPSA) is 112 Å². The van der Waals surface area contributed by atoms with Crippen molar-refractivity contribution in [2.24, 2.45) is 0 Å². The second kappa shape index (κ2) is 7.72. The number of benzene rings is 1. The number of carboxylic acid groups (broad SMARTS) is 1. The number of aromatic nitrogens is 1. The number of carboxylic acids is 1. The van der Waals surface area contributed by atoms with E-state index in [0.717, 1.165) is 0 Å². The lowest BCUT2D eigenvalue weighted by Gasteiger charge is -2.03. The average molecular weight is 329 g/mol.